The van der Waals surface area contributed by atoms with Gasteiger partial charge in [0.05, 0.1) is 11.4 Å². The molecular formula is C88H70B2N4S2. The van der Waals surface area contributed by atoms with Crippen LogP contribution in [0.15, 0.2) is 243 Å². The summed E-state index contributed by atoms with van der Waals surface area (Å²) in [5.41, 5.74) is 33.2. The highest BCUT2D eigenvalue weighted by molar-refractivity contribution is 7.34. The Morgan fingerprint density at radius 2 is 0.688 bits per heavy atom. The van der Waals surface area contributed by atoms with E-state index < -0.39 is 0 Å². The number of rotatable bonds is 4. The van der Waals surface area contributed by atoms with E-state index in [0.717, 1.165) is 11.4 Å². The predicted octanol–water partition coefficient (Wildman–Crippen LogP) is 20.6. The van der Waals surface area contributed by atoms with Gasteiger partial charge < -0.3 is 19.6 Å². The SMILES string of the molecule is CC(C)(C)c1ccc(N2c3cccc4c3B(c3cc5cc6c(cc5cc3N4c3ccccc3)B3c4sc5cc7c(cc5c4N(c4ccc(C(C)(C)C)cc4)c4cccc(c43)N6c3ccccc3)C(C)(C)c3ccccc3-7)c3sc4cc5c(cc4c32)-c2ccccc2C5(C)C)cc1. The number of benzene rings is 12. The monoisotopic (exact) mass is 1270 g/mol. The van der Waals surface area contributed by atoms with E-state index >= 15 is 0 Å². The van der Waals surface area contributed by atoms with Gasteiger partial charge in [0.1, 0.15) is 0 Å². The molecule has 12 aromatic carbocycles. The number of fused-ring (bicyclic) bond motifs is 19. The Morgan fingerprint density at radius 3 is 1.14 bits per heavy atom. The van der Waals surface area contributed by atoms with Gasteiger partial charge >= 0.3 is 0 Å². The quantitative estimate of drug-likeness (QED) is 0.163. The molecule has 0 spiro atoms. The van der Waals surface area contributed by atoms with Crippen molar-refractivity contribution in [3.63, 3.8) is 0 Å². The lowest BCUT2D eigenvalue weighted by Crippen LogP contribution is -2.61. The lowest BCUT2D eigenvalue weighted by Gasteiger charge is -2.44. The van der Waals surface area contributed by atoms with Crippen molar-refractivity contribution in [3.05, 3.63) is 276 Å². The molecule has 4 nitrogen and oxygen atoms in total. The van der Waals surface area contributed by atoms with Crippen molar-refractivity contribution in [2.45, 2.75) is 90.9 Å². The summed E-state index contributed by atoms with van der Waals surface area (Å²) in [5.74, 6) is 0. The van der Waals surface area contributed by atoms with Crippen LogP contribution in [0.2, 0.25) is 0 Å². The van der Waals surface area contributed by atoms with Crippen molar-refractivity contribution in [1.29, 1.82) is 0 Å². The Labute approximate surface area is 571 Å². The second-order valence-corrected chi connectivity index (χ2v) is 33.0. The Hall–Kier alpha value is -9.85. The highest BCUT2D eigenvalue weighted by Crippen LogP contribution is 2.57. The Balaban J connectivity index is 0.856. The fourth-order valence-electron chi connectivity index (χ4n) is 17.9. The van der Waals surface area contributed by atoms with Crippen LogP contribution >= 0.6 is 22.7 Å². The average Bonchev–Trinajstić information content (AvgIpc) is 1.04. The molecule has 96 heavy (non-hydrogen) atoms. The zero-order valence-corrected chi connectivity index (χ0v) is 57.5. The summed E-state index contributed by atoms with van der Waals surface area (Å²) in [5, 5.41) is 5.08. The third-order valence-corrected chi connectivity index (χ3v) is 25.1. The summed E-state index contributed by atoms with van der Waals surface area (Å²) < 4.78 is 5.42. The summed E-state index contributed by atoms with van der Waals surface area (Å²) in [6.07, 6.45) is 0. The minimum absolute atomic E-state index is 0.00899. The molecule has 0 N–H and O–H groups in total. The van der Waals surface area contributed by atoms with Gasteiger partial charge in [0.15, 0.2) is 0 Å². The zero-order valence-electron chi connectivity index (χ0n) is 55.9. The highest BCUT2D eigenvalue weighted by atomic mass is 32.1. The number of hydrogen-bond acceptors (Lipinski definition) is 6. The summed E-state index contributed by atoms with van der Waals surface area (Å²) in [6.45, 7) is 23.5. The van der Waals surface area contributed by atoms with Gasteiger partial charge in [-0.3, -0.25) is 0 Å². The summed E-state index contributed by atoms with van der Waals surface area (Å²) in [7, 11) is 0. The molecule has 460 valence electrons. The maximum atomic E-state index is 2.63. The number of hydrogen-bond donors (Lipinski definition) is 0. The van der Waals surface area contributed by atoms with E-state index in [1.165, 1.54) is 175 Å². The van der Waals surface area contributed by atoms with Crippen molar-refractivity contribution in [2.24, 2.45) is 0 Å². The Bertz CT molecular complexity index is 5600. The molecule has 14 aromatic rings. The van der Waals surface area contributed by atoms with Gasteiger partial charge in [-0.15, -0.1) is 22.7 Å². The van der Waals surface area contributed by atoms with E-state index in [1.54, 1.807) is 0 Å². The van der Waals surface area contributed by atoms with E-state index in [4.69, 9.17) is 0 Å². The molecule has 2 aliphatic carbocycles. The largest absolute Gasteiger partial charge is 0.311 e. The highest BCUT2D eigenvalue weighted by Gasteiger charge is 2.49. The molecule has 0 saturated heterocycles. The summed E-state index contributed by atoms with van der Waals surface area (Å²) in [4.78, 5) is 10.4. The van der Waals surface area contributed by atoms with Crippen LogP contribution < -0.4 is 51.0 Å². The average molecular weight is 1270 g/mol. The van der Waals surface area contributed by atoms with Crippen LogP contribution in [0, 0.1) is 0 Å². The molecule has 0 saturated carbocycles. The molecule has 0 radical (unpaired) electrons. The third-order valence-electron chi connectivity index (χ3n) is 22.7. The Kier molecular flexibility index (Phi) is 11.4. The lowest BCUT2D eigenvalue weighted by atomic mass is 9.35. The molecule has 0 bridgehead atoms. The standard InChI is InChI=1S/C88H70B2N4S2/c1-85(2,3)53-35-39-57(40-36-53)93-73-33-21-31-71-79(73)89(83-81(93)63-47-61-59-27-17-19-29-65(59)88(9,10)68(61)50-78(63)96-83)69-43-51-46-76-70(44-52(51)45-75(69)91(71)55-23-13-11-14-24-55)90-80-72(92(76)56-25-15-12-16-26-56)32-22-34-74(80)94(58-41-37-54(38-42-58)86(4,5)6)82-64-48-67-62(49-77(64)95-84(82)90)60-28-18-20-30-66(60)87(67,7)8/h11-50H,1-10H3. The van der Waals surface area contributed by atoms with Crippen LogP contribution in [-0.2, 0) is 21.7 Å². The molecule has 2 aromatic heterocycles. The first-order chi connectivity index (χ1) is 46.4. The van der Waals surface area contributed by atoms with E-state index in [1.807, 2.05) is 22.7 Å². The van der Waals surface area contributed by atoms with Crippen LogP contribution in [0.1, 0.15) is 103 Å². The smallest absolute Gasteiger partial charge is 0.264 e. The molecule has 8 heteroatoms. The van der Waals surface area contributed by atoms with Crippen molar-refractivity contribution < 1.29 is 0 Å². The third kappa shape index (κ3) is 7.63. The van der Waals surface area contributed by atoms with Crippen LogP contribution in [-0.4, -0.2) is 13.4 Å². The van der Waals surface area contributed by atoms with E-state index in [-0.39, 0.29) is 35.1 Å². The molecule has 20 rings (SSSR count). The second kappa shape index (κ2) is 19.4. The van der Waals surface area contributed by atoms with Crippen molar-refractivity contribution in [3.8, 4) is 22.3 Å². The van der Waals surface area contributed by atoms with Gasteiger partial charge in [-0.1, -0.05) is 203 Å². The normalized spacial score (nSPS) is 15.4. The molecule has 6 heterocycles. The second-order valence-electron chi connectivity index (χ2n) is 30.8. The fraction of sp³-hybridized carbons (Fsp3) is 0.159. The van der Waals surface area contributed by atoms with Gasteiger partial charge in [0.2, 0.25) is 0 Å². The summed E-state index contributed by atoms with van der Waals surface area (Å²) in [6, 6.07) is 94.4. The van der Waals surface area contributed by atoms with Gasteiger partial charge in [-0.2, -0.15) is 0 Å². The number of para-hydroxylation sites is 2. The molecule has 0 amide bonds. The molecule has 0 unspecified atom stereocenters. The number of nitrogens with zero attached hydrogens (tertiary/aromatic N) is 4. The van der Waals surface area contributed by atoms with Crippen LogP contribution in [0.5, 0.6) is 0 Å². The van der Waals surface area contributed by atoms with Gasteiger partial charge in [-0.25, -0.2) is 0 Å². The molecule has 4 aliphatic heterocycles. The van der Waals surface area contributed by atoms with Gasteiger partial charge in [0.25, 0.3) is 13.4 Å². The molecule has 0 fully saturated rings. The first-order valence-corrected chi connectivity index (χ1v) is 35.8. The van der Waals surface area contributed by atoms with Crippen LogP contribution in [0.25, 0.3) is 53.2 Å². The number of thiophene rings is 2. The first kappa shape index (κ1) is 56.5. The maximum Gasteiger partial charge on any atom is 0.264 e. The molecular weight excluding hydrogens is 1200 g/mol. The van der Waals surface area contributed by atoms with Crippen LogP contribution in [0.3, 0.4) is 0 Å². The lowest BCUT2D eigenvalue weighted by molar-refractivity contribution is 0.590. The molecule has 0 atom stereocenters. The van der Waals surface area contributed by atoms with E-state index in [2.05, 4.69) is 331 Å². The first-order valence-electron chi connectivity index (χ1n) is 34.2. The van der Waals surface area contributed by atoms with Gasteiger partial charge in [-0.05, 0) is 208 Å². The topological polar surface area (TPSA) is 13.0 Å². The minimum atomic E-state index is -0.159. The van der Waals surface area contributed by atoms with Crippen LogP contribution in [0.4, 0.5) is 68.2 Å². The zero-order chi connectivity index (χ0) is 64.8. The number of anilines is 12. The van der Waals surface area contributed by atoms with E-state index in [9.17, 15) is 0 Å². The van der Waals surface area contributed by atoms with Crippen molar-refractivity contribution in [1.82, 2.24) is 0 Å². The van der Waals surface area contributed by atoms with E-state index in [0.29, 0.717) is 0 Å². The fourth-order valence-corrected chi connectivity index (χ4v) is 20.6. The van der Waals surface area contributed by atoms with Gasteiger partial charge in [0, 0.05) is 97.4 Å². The maximum absolute atomic E-state index is 2.63. The van der Waals surface area contributed by atoms with Crippen molar-refractivity contribution >= 4 is 167 Å². The Morgan fingerprint density at radius 1 is 0.312 bits per heavy atom. The predicted molar refractivity (Wildman–Crippen MR) is 415 cm³/mol. The minimum Gasteiger partial charge on any atom is -0.311 e. The molecule has 6 aliphatic rings. The van der Waals surface area contributed by atoms with Crippen molar-refractivity contribution in [2.75, 3.05) is 19.6 Å². The summed E-state index contributed by atoms with van der Waals surface area (Å²) >= 11 is 4.01.